The average Bonchev–Trinajstić information content (AvgIpc) is 2.22. The predicted octanol–water partition coefficient (Wildman–Crippen LogP) is 1.23. The summed E-state index contributed by atoms with van der Waals surface area (Å²) in [5, 5.41) is 3.31. The number of thioether (sulfide) groups is 1. The van der Waals surface area contributed by atoms with E-state index in [1.807, 2.05) is 20.1 Å². The fourth-order valence-electron chi connectivity index (χ4n) is 0.958. The third-order valence-corrected chi connectivity index (χ3v) is 3.50. The molecule has 84 valence electrons. The number of carbonyl (C=O) groups excluding carboxylic acids is 1. The Morgan fingerprint density at radius 2 is 2.07 bits per heavy atom. The van der Waals surface area contributed by atoms with Gasteiger partial charge in [0.1, 0.15) is 0 Å². The highest BCUT2D eigenvalue weighted by molar-refractivity contribution is 7.99. The van der Waals surface area contributed by atoms with Crippen LogP contribution >= 0.6 is 11.8 Å². The molecule has 0 fully saturated rings. The Kier molecular flexibility index (Phi) is 7.01. The van der Waals surface area contributed by atoms with Crippen molar-refractivity contribution in [1.29, 1.82) is 0 Å². The Hall–Kier alpha value is -0.220. The smallest absolute Gasteiger partial charge is 0.237 e. The maximum Gasteiger partial charge on any atom is 0.237 e. The van der Waals surface area contributed by atoms with Gasteiger partial charge in [-0.05, 0) is 12.2 Å². The van der Waals surface area contributed by atoms with Gasteiger partial charge in [-0.3, -0.25) is 4.79 Å². The SMILES string of the molecule is CCC(C)C(N)C(=O)NCC(C)SC. The quantitative estimate of drug-likeness (QED) is 0.705. The van der Waals surface area contributed by atoms with Crippen LogP contribution in [-0.2, 0) is 4.79 Å². The molecule has 0 aromatic carbocycles. The number of rotatable bonds is 6. The van der Waals surface area contributed by atoms with Crippen LogP contribution in [0.2, 0.25) is 0 Å². The first-order valence-corrected chi connectivity index (χ1v) is 6.37. The first-order chi connectivity index (χ1) is 6.52. The van der Waals surface area contributed by atoms with E-state index in [0.29, 0.717) is 11.8 Å². The number of nitrogens with one attached hydrogen (secondary N) is 1. The molecule has 0 rings (SSSR count). The molecule has 0 aliphatic rings. The molecule has 3 unspecified atom stereocenters. The summed E-state index contributed by atoms with van der Waals surface area (Å²) < 4.78 is 0. The highest BCUT2D eigenvalue weighted by Gasteiger charge is 2.19. The maximum atomic E-state index is 11.5. The van der Waals surface area contributed by atoms with Gasteiger partial charge in [-0.1, -0.05) is 27.2 Å². The summed E-state index contributed by atoms with van der Waals surface area (Å²) in [5.74, 6) is 0.222. The Morgan fingerprint density at radius 3 is 2.50 bits per heavy atom. The van der Waals surface area contributed by atoms with Gasteiger partial charge < -0.3 is 11.1 Å². The van der Waals surface area contributed by atoms with E-state index in [-0.39, 0.29) is 17.9 Å². The number of carbonyl (C=O) groups is 1. The first-order valence-electron chi connectivity index (χ1n) is 5.09. The summed E-state index contributed by atoms with van der Waals surface area (Å²) in [6.45, 7) is 6.83. The molecule has 0 bridgehead atoms. The van der Waals surface area contributed by atoms with E-state index in [9.17, 15) is 4.79 Å². The van der Waals surface area contributed by atoms with Crippen LogP contribution in [0.3, 0.4) is 0 Å². The van der Waals surface area contributed by atoms with Crippen LogP contribution in [0.4, 0.5) is 0 Å². The Morgan fingerprint density at radius 1 is 1.50 bits per heavy atom. The molecule has 0 aliphatic heterocycles. The number of amides is 1. The summed E-state index contributed by atoms with van der Waals surface area (Å²) >= 11 is 1.74. The molecule has 0 aromatic heterocycles. The first kappa shape index (κ1) is 13.8. The molecular weight excluding hydrogens is 196 g/mol. The second kappa shape index (κ2) is 7.12. The van der Waals surface area contributed by atoms with Crippen LogP contribution in [0.15, 0.2) is 0 Å². The van der Waals surface area contributed by atoms with Crippen LogP contribution in [-0.4, -0.2) is 30.0 Å². The lowest BCUT2D eigenvalue weighted by atomic mass is 9.99. The maximum absolute atomic E-state index is 11.5. The standard InChI is InChI=1S/C10H22N2OS/c1-5-7(2)9(11)10(13)12-6-8(3)14-4/h7-9H,5-6,11H2,1-4H3,(H,12,13). The zero-order valence-electron chi connectivity index (χ0n) is 9.54. The van der Waals surface area contributed by atoms with Crippen LogP contribution in [0.25, 0.3) is 0 Å². The highest BCUT2D eigenvalue weighted by Crippen LogP contribution is 2.06. The summed E-state index contributed by atoms with van der Waals surface area (Å²) in [6.07, 6.45) is 2.97. The van der Waals surface area contributed by atoms with Crippen molar-refractivity contribution in [2.24, 2.45) is 11.7 Å². The van der Waals surface area contributed by atoms with Crippen molar-refractivity contribution in [2.75, 3.05) is 12.8 Å². The topological polar surface area (TPSA) is 55.1 Å². The highest BCUT2D eigenvalue weighted by atomic mass is 32.2. The van der Waals surface area contributed by atoms with Crippen molar-refractivity contribution < 1.29 is 4.79 Å². The molecule has 0 aliphatic carbocycles. The average molecular weight is 218 g/mol. The Balaban J connectivity index is 3.84. The van der Waals surface area contributed by atoms with E-state index in [2.05, 4.69) is 12.2 Å². The van der Waals surface area contributed by atoms with Crippen molar-refractivity contribution in [1.82, 2.24) is 5.32 Å². The Bertz CT molecular complexity index is 176. The van der Waals surface area contributed by atoms with Crippen molar-refractivity contribution in [3.05, 3.63) is 0 Å². The van der Waals surface area contributed by atoms with E-state index < -0.39 is 0 Å². The lowest BCUT2D eigenvalue weighted by Crippen LogP contribution is -2.46. The second-order valence-corrected chi connectivity index (χ2v) is 4.98. The van der Waals surface area contributed by atoms with Crippen LogP contribution in [0, 0.1) is 5.92 Å². The van der Waals surface area contributed by atoms with Gasteiger partial charge in [0.15, 0.2) is 0 Å². The van der Waals surface area contributed by atoms with Gasteiger partial charge in [-0.15, -0.1) is 0 Å². The molecular formula is C10H22N2OS. The van der Waals surface area contributed by atoms with Crippen molar-refractivity contribution in [3.8, 4) is 0 Å². The van der Waals surface area contributed by atoms with E-state index in [0.717, 1.165) is 6.42 Å². The zero-order valence-corrected chi connectivity index (χ0v) is 10.4. The van der Waals surface area contributed by atoms with Gasteiger partial charge in [0.05, 0.1) is 6.04 Å². The van der Waals surface area contributed by atoms with Crippen LogP contribution in [0.5, 0.6) is 0 Å². The lowest BCUT2D eigenvalue weighted by Gasteiger charge is -2.18. The largest absolute Gasteiger partial charge is 0.354 e. The molecule has 0 heterocycles. The molecule has 3 N–H and O–H groups in total. The van der Waals surface area contributed by atoms with E-state index in [4.69, 9.17) is 5.73 Å². The molecule has 0 saturated heterocycles. The summed E-state index contributed by atoms with van der Waals surface area (Å²) in [5.41, 5.74) is 5.78. The minimum Gasteiger partial charge on any atom is -0.354 e. The minimum absolute atomic E-state index is 0.0275. The van der Waals surface area contributed by atoms with Crippen molar-refractivity contribution in [3.63, 3.8) is 0 Å². The molecule has 0 aromatic rings. The molecule has 3 atom stereocenters. The van der Waals surface area contributed by atoms with E-state index >= 15 is 0 Å². The van der Waals surface area contributed by atoms with Crippen LogP contribution < -0.4 is 11.1 Å². The lowest BCUT2D eigenvalue weighted by molar-refractivity contribution is -0.123. The molecule has 1 amide bonds. The monoisotopic (exact) mass is 218 g/mol. The molecule has 0 saturated carbocycles. The summed E-state index contributed by atoms with van der Waals surface area (Å²) in [6, 6.07) is -0.367. The molecule has 4 heteroatoms. The molecule has 0 radical (unpaired) electrons. The van der Waals surface area contributed by atoms with Gasteiger partial charge in [0.25, 0.3) is 0 Å². The van der Waals surface area contributed by atoms with Crippen LogP contribution in [0.1, 0.15) is 27.2 Å². The molecule has 14 heavy (non-hydrogen) atoms. The van der Waals surface area contributed by atoms with Gasteiger partial charge >= 0.3 is 0 Å². The number of hydrogen-bond acceptors (Lipinski definition) is 3. The van der Waals surface area contributed by atoms with E-state index in [1.165, 1.54) is 0 Å². The molecule has 3 nitrogen and oxygen atoms in total. The van der Waals surface area contributed by atoms with Gasteiger partial charge in [-0.25, -0.2) is 0 Å². The fourth-order valence-corrected chi connectivity index (χ4v) is 1.21. The third kappa shape index (κ3) is 4.86. The number of hydrogen-bond donors (Lipinski definition) is 2. The number of nitrogens with two attached hydrogens (primary N) is 1. The zero-order chi connectivity index (χ0) is 11.1. The Labute approximate surface area is 91.2 Å². The van der Waals surface area contributed by atoms with Gasteiger partial charge in [-0.2, -0.15) is 11.8 Å². The van der Waals surface area contributed by atoms with E-state index in [1.54, 1.807) is 11.8 Å². The van der Waals surface area contributed by atoms with Crippen molar-refractivity contribution in [2.45, 2.75) is 38.5 Å². The van der Waals surface area contributed by atoms with Gasteiger partial charge in [0, 0.05) is 11.8 Å². The minimum atomic E-state index is -0.367. The fraction of sp³-hybridized carbons (Fsp3) is 0.900. The predicted molar refractivity (Wildman–Crippen MR) is 63.4 cm³/mol. The summed E-state index contributed by atoms with van der Waals surface area (Å²) in [4.78, 5) is 11.5. The second-order valence-electron chi connectivity index (χ2n) is 3.70. The normalized spacial score (nSPS) is 17.2. The molecule has 0 spiro atoms. The summed E-state index contributed by atoms with van der Waals surface area (Å²) in [7, 11) is 0. The van der Waals surface area contributed by atoms with Gasteiger partial charge in [0.2, 0.25) is 5.91 Å². The third-order valence-electron chi connectivity index (χ3n) is 2.53. The van der Waals surface area contributed by atoms with Crippen molar-refractivity contribution >= 4 is 17.7 Å².